The predicted molar refractivity (Wildman–Crippen MR) is 38.8 cm³/mol. The van der Waals surface area contributed by atoms with Crippen LogP contribution in [-0.2, 0) is 0 Å². The van der Waals surface area contributed by atoms with E-state index in [9.17, 15) is 13.2 Å². The predicted octanol–water partition coefficient (Wildman–Crippen LogP) is 2.45. The highest BCUT2D eigenvalue weighted by Gasteiger charge is 2.24. The van der Waals surface area contributed by atoms with E-state index in [1.807, 2.05) is 6.07 Å². The summed E-state index contributed by atoms with van der Waals surface area (Å²) < 4.78 is 42.6. The van der Waals surface area contributed by atoms with Crippen LogP contribution in [0.25, 0.3) is 0 Å². The minimum absolute atomic E-state index is 0.0144. The molecule has 2 rings (SSSR count). The lowest BCUT2D eigenvalue weighted by atomic mass is 10.3. The largest absolute Gasteiger partial charge is 0.490 e. The standard InChI is InChI=1S/C9H6F3O/c10-7-3-6(13-5-1-2-5)4-8(11)9(7)12/h3,5H,1-2H2. The molecule has 0 spiro atoms. The van der Waals surface area contributed by atoms with Gasteiger partial charge in [0, 0.05) is 6.07 Å². The zero-order valence-corrected chi connectivity index (χ0v) is 6.61. The Balaban J connectivity index is 2.25. The van der Waals surface area contributed by atoms with Crippen LogP contribution in [0.3, 0.4) is 0 Å². The van der Waals surface area contributed by atoms with Gasteiger partial charge in [0.05, 0.1) is 12.2 Å². The Labute approximate surface area is 73.1 Å². The van der Waals surface area contributed by atoms with Crippen LogP contribution in [0.2, 0.25) is 0 Å². The molecule has 1 nitrogen and oxygen atoms in total. The van der Waals surface area contributed by atoms with Crippen LogP contribution in [0.5, 0.6) is 5.75 Å². The van der Waals surface area contributed by atoms with Crippen molar-refractivity contribution < 1.29 is 17.9 Å². The second-order valence-corrected chi connectivity index (χ2v) is 2.93. The van der Waals surface area contributed by atoms with E-state index in [0.29, 0.717) is 0 Å². The molecule has 1 saturated carbocycles. The van der Waals surface area contributed by atoms with Gasteiger partial charge in [-0.05, 0) is 12.8 Å². The SMILES string of the molecule is Fc1[c]c(OC2CC2)cc(F)c1F. The molecule has 1 aliphatic carbocycles. The molecule has 0 bridgehead atoms. The first kappa shape index (κ1) is 8.41. The molecule has 0 aliphatic heterocycles. The zero-order valence-electron chi connectivity index (χ0n) is 6.61. The summed E-state index contributed by atoms with van der Waals surface area (Å²) in [7, 11) is 0. The van der Waals surface area contributed by atoms with Crippen molar-refractivity contribution in [2.75, 3.05) is 0 Å². The van der Waals surface area contributed by atoms with Gasteiger partial charge in [-0.3, -0.25) is 0 Å². The summed E-state index contributed by atoms with van der Waals surface area (Å²) in [5.41, 5.74) is 0. The van der Waals surface area contributed by atoms with Gasteiger partial charge in [0.1, 0.15) is 5.75 Å². The van der Waals surface area contributed by atoms with E-state index in [4.69, 9.17) is 4.74 Å². The molecule has 1 fully saturated rings. The summed E-state index contributed by atoms with van der Waals surface area (Å²) in [5, 5.41) is 0. The third-order valence-electron chi connectivity index (χ3n) is 1.71. The first-order chi connectivity index (χ1) is 6.16. The van der Waals surface area contributed by atoms with Gasteiger partial charge < -0.3 is 4.74 Å². The van der Waals surface area contributed by atoms with Gasteiger partial charge in [-0.15, -0.1) is 0 Å². The number of ether oxygens (including phenoxy) is 1. The second kappa shape index (κ2) is 2.94. The zero-order chi connectivity index (χ0) is 9.42. The van der Waals surface area contributed by atoms with Gasteiger partial charge in [-0.1, -0.05) is 0 Å². The van der Waals surface area contributed by atoms with Crippen LogP contribution in [-0.4, -0.2) is 6.10 Å². The summed E-state index contributed by atoms with van der Waals surface area (Å²) >= 11 is 0. The minimum Gasteiger partial charge on any atom is -0.490 e. The number of rotatable bonds is 2. The van der Waals surface area contributed by atoms with E-state index in [1.165, 1.54) is 0 Å². The maximum atomic E-state index is 12.6. The van der Waals surface area contributed by atoms with Gasteiger partial charge >= 0.3 is 0 Å². The smallest absolute Gasteiger partial charge is 0.195 e. The van der Waals surface area contributed by atoms with Crippen molar-refractivity contribution in [1.82, 2.24) is 0 Å². The van der Waals surface area contributed by atoms with Crippen LogP contribution in [0.1, 0.15) is 12.8 Å². The molecule has 4 heteroatoms. The van der Waals surface area contributed by atoms with Gasteiger partial charge in [-0.2, -0.15) is 0 Å². The molecule has 0 saturated heterocycles. The molecule has 1 aromatic rings. The average molecular weight is 187 g/mol. The fourth-order valence-corrected chi connectivity index (χ4v) is 0.911. The lowest BCUT2D eigenvalue weighted by Crippen LogP contribution is -1.99. The van der Waals surface area contributed by atoms with Gasteiger partial charge in [-0.25, -0.2) is 13.2 Å². The Hall–Kier alpha value is -1.19. The molecule has 0 unspecified atom stereocenters. The lowest BCUT2D eigenvalue weighted by Gasteiger charge is -2.03. The second-order valence-electron chi connectivity index (χ2n) is 2.93. The number of benzene rings is 1. The number of hydrogen-bond donors (Lipinski definition) is 0. The minimum atomic E-state index is -1.51. The molecule has 13 heavy (non-hydrogen) atoms. The van der Waals surface area contributed by atoms with Crippen molar-refractivity contribution >= 4 is 0 Å². The molecule has 1 aromatic carbocycles. The number of hydrogen-bond acceptors (Lipinski definition) is 1. The Morgan fingerprint density at radius 3 is 2.54 bits per heavy atom. The first-order valence-corrected chi connectivity index (χ1v) is 3.90. The van der Waals surface area contributed by atoms with Gasteiger partial charge in [0.15, 0.2) is 17.5 Å². The van der Waals surface area contributed by atoms with Crippen LogP contribution >= 0.6 is 0 Å². The fraction of sp³-hybridized carbons (Fsp3) is 0.333. The highest BCUT2D eigenvalue weighted by Crippen LogP contribution is 2.28. The van der Waals surface area contributed by atoms with E-state index >= 15 is 0 Å². The molecular formula is C9H6F3O. The van der Waals surface area contributed by atoms with E-state index in [2.05, 4.69) is 0 Å². The molecule has 1 aliphatic rings. The highest BCUT2D eigenvalue weighted by atomic mass is 19.2. The summed E-state index contributed by atoms with van der Waals surface area (Å²) in [4.78, 5) is 0. The summed E-state index contributed by atoms with van der Waals surface area (Å²) in [6.07, 6.45) is 1.75. The molecule has 69 valence electrons. The number of halogens is 3. The van der Waals surface area contributed by atoms with E-state index in [0.717, 1.165) is 18.9 Å². The summed E-state index contributed by atoms with van der Waals surface area (Å²) in [6.45, 7) is 0. The maximum Gasteiger partial charge on any atom is 0.195 e. The molecule has 0 heterocycles. The molecule has 1 radical (unpaired) electrons. The van der Waals surface area contributed by atoms with E-state index in [1.54, 1.807) is 0 Å². The van der Waals surface area contributed by atoms with Crippen molar-refractivity contribution in [2.24, 2.45) is 0 Å². The average Bonchev–Trinajstić information content (AvgIpc) is 2.84. The summed E-state index contributed by atoms with van der Waals surface area (Å²) in [6, 6.07) is 2.79. The Morgan fingerprint density at radius 2 is 2.00 bits per heavy atom. The van der Waals surface area contributed by atoms with E-state index in [-0.39, 0.29) is 11.9 Å². The van der Waals surface area contributed by atoms with E-state index < -0.39 is 17.5 Å². The highest BCUT2D eigenvalue weighted by molar-refractivity contribution is 5.24. The van der Waals surface area contributed by atoms with Crippen LogP contribution < -0.4 is 4.74 Å². The molecule has 0 atom stereocenters. The maximum absolute atomic E-state index is 12.6. The first-order valence-electron chi connectivity index (χ1n) is 3.90. The fourth-order valence-electron chi connectivity index (χ4n) is 0.911. The molecular weight excluding hydrogens is 181 g/mol. The monoisotopic (exact) mass is 187 g/mol. The lowest BCUT2D eigenvalue weighted by molar-refractivity contribution is 0.296. The molecule has 0 aromatic heterocycles. The van der Waals surface area contributed by atoms with Crippen molar-refractivity contribution in [3.63, 3.8) is 0 Å². The van der Waals surface area contributed by atoms with Crippen LogP contribution in [0.4, 0.5) is 13.2 Å². The van der Waals surface area contributed by atoms with Crippen molar-refractivity contribution in [3.05, 3.63) is 29.6 Å². The third-order valence-corrected chi connectivity index (χ3v) is 1.71. The van der Waals surface area contributed by atoms with Crippen LogP contribution in [0.15, 0.2) is 6.07 Å². The van der Waals surface area contributed by atoms with Crippen molar-refractivity contribution in [2.45, 2.75) is 18.9 Å². The van der Waals surface area contributed by atoms with Crippen LogP contribution in [0, 0.1) is 23.5 Å². The quantitative estimate of drug-likeness (QED) is 0.646. The Morgan fingerprint density at radius 1 is 1.31 bits per heavy atom. The molecule has 0 amide bonds. The topological polar surface area (TPSA) is 9.23 Å². The normalized spacial score (nSPS) is 15.9. The van der Waals surface area contributed by atoms with Gasteiger partial charge in [0.2, 0.25) is 0 Å². The van der Waals surface area contributed by atoms with Crippen molar-refractivity contribution in [1.29, 1.82) is 0 Å². The third kappa shape index (κ3) is 1.76. The Bertz CT molecular complexity index is 311. The van der Waals surface area contributed by atoms with Crippen molar-refractivity contribution in [3.8, 4) is 5.75 Å². The summed E-state index contributed by atoms with van der Waals surface area (Å²) in [5.74, 6) is -4.16. The Kier molecular flexibility index (Phi) is 1.90. The molecule has 0 N–H and O–H groups in total. The van der Waals surface area contributed by atoms with Gasteiger partial charge in [0.25, 0.3) is 0 Å².